The summed E-state index contributed by atoms with van der Waals surface area (Å²) in [4.78, 5) is 11.1. The number of methoxy groups -OCH3 is 1. The summed E-state index contributed by atoms with van der Waals surface area (Å²) < 4.78 is 28.8. The van der Waals surface area contributed by atoms with E-state index in [1.165, 1.54) is 7.11 Å². The molecule has 1 rings (SSSR count). The fraction of sp³-hybridized carbons (Fsp3) is 0.533. The highest BCUT2D eigenvalue weighted by Crippen LogP contribution is 2.19. The lowest BCUT2D eigenvalue weighted by atomic mass is 10.0. The Morgan fingerprint density at radius 3 is 2.57 bits per heavy atom. The molecular weight excluding hydrogens is 290 g/mol. The Kier molecular flexibility index (Phi) is 6.84. The van der Waals surface area contributed by atoms with E-state index in [2.05, 4.69) is 10.1 Å². The molecule has 0 amide bonds. The molecule has 0 spiro atoms. The Morgan fingerprint density at radius 2 is 2.00 bits per heavy atom. The molecule has 0 saturated heterocycles. The number of nitrogens with one attached hydrogen (secondary N) is 1. The highest BCUT2D eigenvalue weighted by Gasteiger charge is 2.22. The Morgan fingerprint density at radius 1 is 1.33 bits per heavy atom. The van der Waals surface area contributed by atoms with Crippen LogP contribution in [-0.4, -0.2) is 39.5 Å². The highest BCUT2D eigenvalue weighted by molar-refractivity contribution is 7.91. The number of sulfone groups is 1. The third kappa shape index (κ3) is 5.85. The van der Waals surface area contributed by atoms with E-state index in [9.17, 15) is 13.2 Å². The van der Waals surface area contributed by atoms with Gasteiger partial charge in [-0.15, -0.1) is 0 Å². The lowest BCUT2D eigenvalue weighted by Crippen LogP contribution is -2.30. The molecule has 0 aliphatic rings. The van der Waals surface area contributed by atoms with Crippen molar-refractivity contribution in [1.82, 2.24) is 5.32 Å². The number of rotatable bonds is 8. The standard InChI is InChI=1S/C15H23NO4S/c1-4-16-14(13-8-6-5-7-12(13)2)11-21(18,19)10-9-15(17)20-3/h5-8,14,16H,4,9-11H2,1-3H3. The molecule has 118 valence electrons. The van der Waals surface area contributed by atoms with E-state index in [4.69, 9.17) is 0 Å². The van der Waals surface area contributed by atoms with Crippen molar-refractivity contribution in [1.29, 1.82) is 0 Å². The van der Waals surface area contributed by atoms with Gasteiger partial charge in [-0.3, -0.25) is 4.79 Å². The van der Waals surface area contributed by atoms with E-state index in [1.54, 1.807) is 0 Å². The monoisotopic (exact) mass is 313 g/mol. The molecule has 1 aromatic carbocycles. The van der Waals surface area contributed by atoms with Crippen molar-refractivity contribution in [3.05, 3.63) is 35.4 Å². The predicted octanol–water partition coefficient (Wildman–Crippen LogP) is 1.62. The SMILES string of the molecule is CCNC(CS(=O)(=O)CCC(=O)OC)c1ccccc1C. The molecule has 1 aromatic rings. The molecule has 6 heteroatoms. The molecule has 5 nitrogen and oxygen atoms in total. The normalized spacial score (nSPS) is 12.9. The van der Waals surface area contributed by atoms with Crippen molar-refractivity contribution in [2.24, 2.45) is 0 Å². The minimum atomic E-state index is -3.34. The maximum atomic E-state index is 12.2. The number of hydrogen-bond acceptors (Lipinski definition) is 5. The second-order valence-corrected chi connectivity index (χ2v) is 7.14. The molecule has 1 N–H and O–H groups in total. The summed E-state index contributed by atoms with van der Waals surface area (Å²) >= 11 is 0. The Labute approximate surface area is 126 Å². The summed E-state index contributed by atoms with van der Waals surface area (Å²) in [6.45, 7) is 4.57. The Balaban J connectivity index is 2.83. The van der Waals surface area contributed by atoms with Crippen molar-refractivity contribution in [3.63, 3.8) is 0 Å². The lowest BCUT2D eigenvalue weighted by Gasteiger charge is -2.20. The van der Waals surface area contributed by atoms with Gasteiger partial charge in [-0.2, -0.15) is 0 Å². The number of ether oxygens (including phenoxy) is 1. The van der Waals surface area contributed by atoms with E-state index in [0.29, 0.717) is 6.54 Å². The molecule has 0 aliphatic heterocycles. The zero-order valence-corrected chi connectivity index (χ0v) is 13.6. The summed E-state index contributed by atoms with van der Waals surface area (Å²) in [6, 6.07) is 7.44. The highest BCUT2D eigenvalue weighted by atomic mass is 32.2. The topological polar surface area (TPSA) is 72.5 Å². The van der Waals surface area contributed by atoms with E-state index in [0.717, 1.165) is 11.1 Å². The summed E-state index contributed by atoms with van der Waals surface area (Å²) in [7, 11) is -2.08. The minimum absolute atomic E-state index is 0.0251. The summed E-state index contributed by atoms with van der Waals surface area (Å²) in [5, 5.41) is 3.20. The van der Waals surface area contributed by atoms with Crippen LogP contribution in [0.4, 0.5) is 0 Å². The first-order chi connectivity index (χ1) is 9.89. The number of carbonyl (C=O) groups excluding carboxylic acids is 1. The molecule has 0 aromatic heterocycles. The fourth-order valence-corrected chi connectivity index (χ4v) is 3.61. The third-order valence-electron chi connectivity index (χ3n) is 3.28. The quantitative estimate of drug-likeness (QED) is 0.738. The molecule has 0 saturated carbocycles. The molecule has 0 bridgehead atoms. The van der Waals surface area contributed by atoms with Gasteiger partial charge >= 0.3 is 5.97 Å². The van der Waals surface area contributed by atoms with E-state index < -0.39 is 15.8 Å². The molecule has 0 radical (unpaired) electrons. The van der Waals surface area contributed by atoms with Crippen LogP contribution in [-0.2, 0) is 19.4 Å². The van der Waals surface area contributed by atoms with Crippen LogP contribution in [0.25, 0.3) is 0 Å². The second kappa shape index (κ2) is 8.14. The van der Waals surface area contributed by atoms with Gasteiger partial charge in [-0.1, -0.05) is 31.2 Å². The van der Waals surface area contributed by atoms with Crippen LogP contribution in [0.1, 0.15) is 30.5 Å². The number of carbonyl (C=O) groups is 1. The Hall–Kier alpha value is -1.40. The van der Waals surface area contributed by atoms with Crippen LogP contribution in [0.2, 0.25) is 0 Å². The third-order valence-corrected chi connectivity index (χ3v) is 4.95. The first-order valence-corrected chi connectivity index (χ1v) is 8.78. The Bertz CT molecular complexity index is 569. The summed E-state index contributed by atoms with van der Waals surface area (Å²) in [5.41, 5.74) is 2.02. The minimum Gasteiger partial charge on any atom is -0.469 e. The van der Waals surface area contributed by atoms with Gasteiger partial charge in [0, 0.05) is 6.04 Å². The van der Waals surface area contributed by atoms with Gasteiger partial charge in [0.05, 0.1) is 25.0 Å². The second-order valence-electron chi connectivity index (χ2n) is 4.91. The number of esters is 1. The van der Waals surface area contributed by atoms with Crippen molar-refractivity contribution in [2.75, 3.05) is 25.2 Å². The van der Waals surface area contributed by atoms with Crippen LogP contribution in [0.5, 0.6) is 0 Å². The van der Waals surface area contributed by atoms with Gasteiger partial charge in [0.2, 0.25) is 0 Å². The van der Waals surface area contributed by atoms with Crippen molar-refractivity contribution in [3.8, 4) is 0 Å². The van der Waals surface area contributed by atoms with Gasteiger partial charge in [-0.25, -0.2) is 8.42 Å². The van der Waals surface area contributed by atoms with Crippen molar-refractivity contribution >= 4 is 15.8 Å². The fourth-order valence-electron chi connectivity index (χ4n) is 2.16. The first kappa shape index (κ1) is 17.7. The van der Waals surface area contributed by atoms with Gasteiger partial charge in [-0.05, 0) is 24.6 Å². The van der Waals surface area contributed by atoms with Crippen molar-refractivity contribution < 1.29 is 17.9 Å². The number of hydrogen-bond donors (Lipinski definition) is 1. The molecule has 0 heterocycles. The zero-order valence-electron chi connectivity index (χ0n) is 12.8. The summed E-state index contributed by atoms with van der Waals surface area (Å²) in [6.07, 6.45) is -0.106. The van der Waals surface area contributed by atoms with Gasteiger partial charge in [0.15, 0.2) is 9.84 Å². The lowest BCUT2D eigenvalue weighted by molar-refractivity contribution is -0.140. The molecule has 0 aliphatic carbocycles. The van der Waals surface area contributed by atoms with Crippen LogP contribution < -0.4 is 5.32 Å². The van der Waals surface area contributed by atoms with Crippen LogP contribution in [0.3, 0.4) is 0 Å². The zero-order chi connectivity index (χ0) is 15.9. The molecule has 1 atom stereocenters. The van der Waals surface area contributed by atoms with E-state index >= 15 is 0 Å². The van der Waals surface area contributed by atoms with Crippen LogP contribution in [0, 0.1) is 6.92 Å². The predicted molar refractivity (Wildman–Crippen MR) is 82.9 cm³/mol. The van der Waals surface area contributed by atoms with Crippen molar-refractivity contribution in [2.45, 2.75) is 26.3 Å². The van der Waals surface area contributed by atoms with Gasteiger partial charge in [0.25, 0.3) is 0 Å². The van der Waals surface area contributed by atoms with Gasteiger partial charge < -0.3 is 10.1 Å². The van der Waals surface area contributed by atoms with E-state index in [-0.39, 0.29) is 24.0 Å². The smallest absolute Gasteiger partial charge is 0.306 e. The number of aryl methyl sites for hydroxylation is 1. The van der Waals surface area contributed by atoms with Crippen LogP contribution in [0.15, 0.2) is 24.3 Å². The molecule has 0 fully saturated rings. The largest absolute Gasteiger partial charge is 0.469 e. The molecule has 1 unspecified atom stereocenters. The average molecular weight is 313 g/mol. The number of benzene rings is 1. The summed E-state index contributed by atoms with van der Waals surface area (Å²) in [5.74, 6) is -0.717. The maximum absolute atomic E-state index is 12.2. The maximum Gasteiger partial charge on any atom is 0.306 e. The van der Waals surface area contributed by atoms with Gasteiger partial charge in [0.1, 0.15) is 0 Å². The van der Waals surface area contributed by atoms with E-state index in [1.807, 2.05) is 38.1 Å². The first-order valence-electron chi connectivity index (χ1n) is 6.95. The van der Waals surface area contributed by atoms with Crippen LogP contribution >= 0.6 is 0 Å². The average Bonchev–Trinajstić information content (AvgIpc) is 2.45. The molecular formula is C15H23NO4S. The molecule has 21 heavy (non-hydrogen) atoms.